The number of nitrogens with zero attached hydrogens (tertiary/aromatic N) is 1. The molecule has 8 nitrogen and oxygen atoms in total. The first-order chi connectivity index (χ1) is 17.5. The Hall–Kier alpha value is -4.17. The molecule has 2 aliphatic rings. The first-order valence-electron chi connectivity index (χ1n) is 12.0. The van der Waals surface area contributed by atoms with E-state index in [0.717, 1.165) is 17.9 Å². The third-order valence-electron chi connectivity index (χ3n) is 6.20. The minimum atomic E-state index is -0.447. The van der Waals surface area contributed by atoms with Gasteiger partial charge in [0.05, 0.1) is 6.04 Å². The molecule has 0 aliphatic carbocycles. The van der Waals surface area contributed by atoms with Crippen molar-refractivity contribution >= 4 is 29.1 Å². The molecule has 0 bridgehead atoms. The smallest absolute Gasteiger partial charge is 0.253 e. The lowest BCUT2D eigenvalue weighted by molar-refractivity contribution is -0.124. The molecule has 2 aliphatic heterocycles. The van der Waals surface area contributed by atoms with Crippen LogP contribution in [0.5, 0.6) is 11.5 Å². The minimum absolute atomic E-state index is 0.0606. The van der Waals surface area contributed by atoms with Gasteiger partial charge in [-0.05, 0) is 67.4 Å². The van der Waals surface area contributed by atoms with Crippen molar-refractivity contribution in [3.63, 3.8) is 0 Å². The van der Waals surface area contributed by atoms with E-state index < -0.39 is 6.10 Å². The number of anilines is 2. The molecule has 0 spiro atoms. The van der Waals surface area contributed by atoms with Crippen LogP contribution in [0.2, 0.25) is 0 Å². The molecular formula is C28H27N3O5. The summed E-state index contributed by atoms with van der Waals surface area (Å²) in [6.45, 7) is 0.960. The second kappa shape index (κ2) is 10.6. The van der Waals surface area contributed by atoms with Gasteiger partial charge in [0.25, 0.3) is 11.8 Å². The Morgan fingerprint density at radius 2 is 1.72 bits per heavy atom. The lowest BCUT2D eigenvalue weighted by Gasteiger charge is -2.18. The maximum atomic E-state index is 12.9. The van der Waals surface area contributed by atoms with E-state index in [0.29, 0.717) is 36.6 Å². The Balaban J connectivity index is 1.17. The highest BCUT2D eigenvalue weighted by atomic mass is 16.5. The maximum Gasteiger partial charge on any atom is 0.253 e. The Kier molecular flexibility index (Phi) is 6.95. The van der Waals surface area contributed by atoms with Crippen molar-refractivity contribution in [1.82, 2.24) is 5.32 Å². The zero-order chi connectivity index (χ0) is 24.9. The molecule has 0 saturated carbocycles. The maximum absolute atomic E-state index is 12.9. The lowest BCUT2D eigenvalue weighted by atomic mass is 10.1. The number of hydrogen-bond acceptors (Lipinski definition) is 5. The largest absolute Gasteiger partial charge is 0.457 e. The van der Waals surface area contributed by atoms with Gasteiger partial charge in [0.1, 0.15) is 17.6 Å². The summed E-state index contributed by atoms with van der Waals surface area (Å²) in [6, 6.07) is 23.2. The Labute approximate surface area is 209 Å². The molecule has 36 heavy (non-hydrogen) atoms. The van der Waals surface area contributed by atoms with Gasteiger partial charge in [0.15, 0.2) is 0 Å². The molecular weight excluding hydrogens is 458 g/mol. The van der Waals surface area contributed by atoms with Gasteiger partial charge in [-0.15, -0.1) is 0 Å². The highest BCUT2D eigenvalue weighted by molar-refractivity contribution is 6.00. The van der Waals surface area contributed by atoms with Crippen molar-refractivity contribution in [3.05, 3.63) is 84.4 Å². The molecule has 2 atom stereocenters. The first kappa shape index (κ1) is 23.6. The number of carbonyl (C=O) groups is 3. The number of hydrogen-bond donors (Lipinski definition) is 2. The van der Waals surface area contributed by atoms with Gasteiger partial charge in [-0.2, -0.15) is 0 Å². The van der Waals surface area contributed by atoms with E-state index in [-0.39, 0.29) is 30.2 Å². The molecule has 3 amide bonds. The molecule has 184 valence electrons. The van der Waals surface area contributed by atoms with Gasteiger partial charge in [-0.3, -0.25) is 14.4 Å². The number of rotatable bonds is 7. The van der Waals surface area contributed by atoms with Crippen molar-refractivity contribution in [1.29, 1.82) is 0 Å². The van der Waals surface area contributed by atoms with E-state index in [1.807, 2.05) is 54.6 Å². The van der Waals surface area contributed by atoms with Crippen LogP contribution >= 0.6 is 0 Å². The number of amides is 3. The van der Waals surface area contributed by atoms with E-state index in [9.17, 15) is 14.4 Å². The van der Waals surface area contributed by atoms with E-state index in [4.69, 9.17) is 9.47 Å². The van der Waals surface area contributed by atoms with E-state index in [1.54, 1.807) is 29.2 Å². The second-order valence-corrected chi connectivity index (χ2v) is 8.86. The van der Waals surface area contributed by atoms with Gasteiger partial charge in [0, 0.05) is 36.5 Å². The fourth-order valence-corrected chi connectivity index (χ4v) is 4.39. The van der Waals surface area contributed by atoms with Crippen LogP contribution in [-0.2, 0) is 14.3 Å². The van der Waals surface area contributed by atoms with Crippen LogP contribution in [0.25, 0.3) is 0 Å². The van der Waals surface area contributed by atoms with Crippen LogP contribution in [0.3, 0.4) is 0 Å². The number of ether oxygens (including phenoxy) is 2. The average molecular weight is 486 g/mol. The molecule has 8 heteroatoms. The summed E-state index contributed by atoms with van der Waals surface area (Å²) in [6.07, 6.45) is 1.32. The molecule has 3 aromatic rings. The lowest BCUT2D eigenvalue weighted by Crippen LogP contribution is -2.37. The van der Waals surface area contributed by atoms with Crippen molar-refractivity contribution in [2.24, 2.45) is 0 Å². The topological polar surface area (TPSA) is 97.0 Å². The van der Waals surface area contributed by atoms with Gasteiger partial charge < -0.3 is 25.0 Å². The van der Waals surface area contributed by atoms with Crippen LogP contribution in [-0.4, -0.2) is 43.0 Å². The van der Waals surface area contributed by atoms with Crippen LogP contribution in [0.15, 0.2) is 78.9 Å². The van der Waals surface area contributed by atoms with Crippen LogP contribution in [0.4, 0.5) is 11.4 Å². The summed E-state index contributed by atoms with van der Waals surface area (Å²) in [5, 5.41) is 5.75. The van der Waals surface area contributed by atoms with E-state index in [2.05, 4.69) is 10.6 Å². The fraction of sp³-hybridized carbons (Fsp3) is 0.250. The van der Waals surface area contributed by atoms with Gasteiger partial charge >= 0.3 is 0 Å². The molecule has 3 aromatic carbocycles. The highest BCUT2D eigenvalue weighted by Crippen LogP contribution is 2.27. The van der Waals surface area contributed by atoms with Crippen molar-refractivity contribution in [2.75, 3.05) is 23.4 Å². The molecule has 0 aromatic heterocycles. The zero-order valence-corrected chi connectivity index (χ0v) is 19.7. The molecule has 0 radical (unpaired) electrons. The zero-order valence-electron chi connectivity index (χ0n) is 19.7. The van der Waals surface area contributed by atoms with Crippen molar-refractivity contribution < 1.29 is 23.9 Å². The van der Waals surface area contributed by atoms with Crippen LogP contribution in [0, 0.1) is 0 Å². The third kappa shape index (κ3) is 5.55. The number of carbonyl (C=O) groups excluding carboxylic acids is 3. The molecule has 2 heterocycles. The average Bonchev–Trinajstić information content (AvgIpc) is 3.56. The molecule has 2 unspecified atom stereocenters. The number of nitrogens with one attached hydrogen (secondary N) is 2. The van der Waals surface area contributed by atoms with Crippen molar-refractivity contribution in [2.45, 2.75) is 31.4 Å². The fourth-order valence-electron chi connectivity index (χ4n) is 4.39. The minimum Gasteiger partial charge on any atom is -0.457 e. The summed E-state index contributed by atoms with van der Waals surface area (Å²) in [5.41, 5.74) is 1.69. The SMILES string of the molecule is O=C(NC1CC(=O)N(c2ccc(Oc3ccccc3)cc2)C1)c1cccc(NC(=O)C2CCCO2)c1. The van der Waals surface area contributed by atoms with E-state index >= 15 is 0 Å². The molecule has 2 N–H and O–H groups in total. The van der Waals surface area contributed by atoms with Gasteiger partial charge in [-0.1, -0.05) is 24.3 Å². The second-order valence-electron chi connectivity index (χ2n) is 8.86. The Morgan fingerprint density at radius 1 is 0.944 bits per heavy atom. The standard InChI is InChI=1S/C28H27N3O5/c32-26-17-21(18-31(26)22-11-13-24(14-12-22)36-23-8-2-1-3-9-23)30-27(33)19-6-4-7-20(16-19)29-28(34)25-10-5-15-35-25/h1-4,6-9,11-14,16,21,25H,5,10,15,17-18H2,(H,29,34)(H,30,33). The molecule has 2 fully saturated rings. The Bertz CT molecular complexity index is 1240. The van der Waals surface area contributed by atoms with Gasteiger partial charge in [0.2, 0.25) is 5.91 Å². The Morgan fingerprint density at radius 3 is 2.47 bits per heavy atom. The van der Waals surface area contributed by atoms with Crippen LogP contribution < -0.4 is 20.3 Å². The summed E-state index contributed by atoms with van der Waals surface area (Å²) in [5.74, 6) is 0.847. The summed E-state index contributed by atoms with van der Waals surface area (Å²) in [7, 11) is 0. The summed E-state index contributed by atoms with van der Waals surface area (Å²) >= 11 is 0. The number of para-hydroxylation sites is 1. The predicted octanol–water partition coefficient (Wildman–Crippen LogP) is 4.13. The number of benzene rings is 3. The predicted molar refractivity (Wildman–Crippen MR) is 135 cm³/mol. The van der Waals surface area contributed by atoms with E-state index in [1.165, 1.54) is 0 Å². The normalized spacial score (nSPS) is 19.2. The van der Waals surface area contributed by atoms with Crippen molar-refractivity contribution in [3.8, 4) is 11.5 Å². The first-order valence-corrected chi connectivity index (χ1v) is 12.0. The quantitative estimate of drug-likeness (QED) is 0.525. The summed E-state index contributed by atoms with van der Waals surface area (Å²) < 4.78 is 11.2. The third-order valence-corrected chi connectivity index (χ3v) is 6.20. The van der Waals surface area contributed by atoms with Gasteiger partial charge in [-0.25, -0.2) is 0 Å². The summed E-state index contributed by atoms with van der Waals surface area (Å²) in [4.78, 5) is 39.5. The van der Waals surface area contributed by atoms with Crippen LogP contribution in [0.1, 0.15) is 29.6 Å². The molecule has 2 saturated heterocycles. The monoisotopic (exact) mass is 485 g/mol. The molecule has 5 rings (SSSR count). The highest BCUT2D eigenvalue weighted by Gasteiger charge is 2.32.